The number of ether oxygens (including phenoxy) is 1. The van der Waals surface area contributed by atoms with Crippen molar-refractivity contribution >= 4 is 55.5 Å². The van der Waals surface area contributed by atoms with Crippen LogP contribution in [-0.2, 0) is 16.0 Å². The van der Waals surface area contributed by atoms with E-state index in [2.05, 4.69) is 4.98 Å². The SMILES string of the molecule is Cc1ccc2nc(N3C(=O)C(=O)/C(=C(/O)c4ccc5c(c4)CC(C)O5)C3c3cccs3)sc2c1. The molecule has 1 N–H and O–H groups in total. The van der Waals surface area contributed by atoms with Gasteiger partial charge in [-0.2, -0.15) is 0 Å². The molecule has 2 aliphatic rings. The van der Waals surface area contributed by atoms with Gasteiger partial charge in [-0.15, -0.1) is 11.3 Å². The number of anilines is 1. The summed E-state index contributed by atoms with van der Waals surface area (Å²) in [6.07, 6.45) is 0.788. The van der Waals surface area contributed by atoms with Crippen LogP contribution in [0.5, 0.6) is 5.75 Å². The fourth-order valence-electron chi connectivity index (χ4n) is 4.59. The van der Waals surface area contributed by atoms with E-state index in [0.717, 1.165) is 38.4 Å². The standard InChI is InChI=1S/C26H20N2O4S2/c1-13-5-7-17-20(10-13)34-26(27-17)28-22(19-4-3-9-33-19)21(24(30)25(28)31)23(29)15-6-8-18-16(12-15)11-14(2)32-18/h3-10,12,14,22,29H,11H2,1-2H3/b23-21+. The normalized spacial score (nSPS) is 21.3. The summed E-state index contributed by atoms with van der Waals surface area (Å²) in [5.41, 5.74) is 3.41. The van der Waals surface area contributed by atoms with Crippen molar-refractivity contribution in [3.8, 4) is 5.75 Å². The number of aliphatic hydroxyl groups excluding tert-OH is 1. The van der Waals surface area contributed by atoms with Crippen molar-refractivity contribution in [3.63, 3.8) is 0 Å². The molecule has 6 rings (SSSR count). The zero-order valence-corrected chi connectivity index (χ0v) is 20.1. The second-order valence-electron chi connectivity index (χ2n) is 8.61. The Morgan fingerprint density at radius 1 is 1.18 bits per heavy atom. The summed E-state index contributed by atoms with van der Waals surface area (Å²) in [6.45, 7) is 3.99. The molecule has 0 spiro atoms. The lowest BCUT2D eigenvalue weighted by Crippen LogP contribution is -2.28. The summed E-state index contributed by atoms with van der Waals surface area (Å²) in [7, 11) is 0. The fourth-order valence-corrected chi connectivity index (χ4v) is 6.51. The van der Waals surface area contributed by atoms with E-state index >= 15 is 0 Å². The lowest BCUT2D eigenvalue weighted by atomic mass is 9.98. The van der Waals surface area contributed by atoms with Crippen molar-refractivity contribution in [2.45, 2.75) is 32.4 Å². The van der Waals surface area contributed by atoms with Crippen LogP contribution in [0, 0.1) is 6.92 Å². The Hall–Kier alpha value is -3.49. The number of thiophene rings is 1. The number of benzene rings is 2. The van der Waals surface area contributed by atoms with Gasteiger partial charge < -0.3 is 9.84 Å². The number of carbonyl (C=O) groups is 2. The van der Waals surface area contributed by atoms with Crippen LogP contribution < -0.4 is 9.64 Å². The van der Waals surface area contributed by atoms with Gasteiger partial charge in [-0.1, -0.05) is 23.5 Å². The highest BCUT2D eigenvalue weighted by molar-refractivity contribution is 7.22. The third-order valence-corrected chi connectivity index (χ3v) is 8.11. The molecule has 2 aliphatic heterocycles. The molecule has 0 aliphatic carbocycles. The van der Waals surface area contributed by atoms with Crippen LogP contribution in [0.4, 0.5) is 5.13 Å². The molecule has 2 unspecified atom stereocenters. The highest BCUT2D eigenvalue weighted by Crippen LogP contribution is 2.46. The summed E-state index contributed by atoms with van der Waals surface area (Å²) in [6, 6.07) is 14.3. The summed E-state index contributed by atoms with van der Waals surface area (Å²) in [5, 5.41) is 13.7. The molecule has 0 bridgehead atoms. The molecule has 1 fully saturated rings. The van der Waals surface area contributed by atoms with Crippen molar-refractivity contribution in [2.24, 2.45) is 0 Å². The van der Waals surface area contributed by atoms with Crippen LogP contribution in [0.15, 0.2) is 59.5 Å². The molecule has 6 nitrogen and oxygen atoms in total. The van der Waals surface area contributed by atoms with Gasteiger partial charge in [0.25, 0.3) is 5.78 Å². The summed E-state index contributed by atoms with van der Waals surface area (Å²) in [5.74, 6) is -0.798. The van der Waals surface area contributed by atoms with E-state index in [-0.39, 0.29) is 17.4 Å². The number of aromatic nitrogens is 1. The minimum absolute atomic E-state index is 0.0618. The molecular weight excluding hydrogens is 468 g/mol. The lowest BCUT2D eigenvalue weighted by Gasteiger charge is -2.21. The Kier molecular flexibility index (Phi) is 4.82. The van der Waals surface area contributed by atoms with E-state index in [4.69, 9.17) is 4.74 Å². The van der Waals surface area contributed by atoms with Crippen molar-refractivity contribution in [1.29, 1.82) is 0 Å². The average molecular weight is 489 g/mol. The van der Waals surface area contributed by atoms with Gasteiger partial charge in [-0.3, -0.25) is 14.5 Å². The second-order valence-corrected chi connectivity index (χ2v) is 10.6. The monoisotopic (exact) mass is 488 g/mol. The first-order valence-electron chi connectivity index (χ1n) is 10.9. The summed E-state index contributed by atoms with van der Waals surface area (Å²) in [4.78, 5) is 33.5. The molecule has 34 heavy (non-hydrogen) atoms. The van der Waals surface area contributed by atoms with E-state index in [0.29, 0.717) is 10.7 Å². The van der Waals surface area contributed by atoms with E-state index in [1.807, 2.05) is 55.6 Å². The largest absolute Gasteiger partial charge is 0.507 e. The highest BCUT2D eigenvalue weighted by Gasteiger charge is 2.48. The van der Waals surface area contributed by atoms with Crippen molar-refractivity contribution in [2.75, 3.05) is 4.90 Å². The van der Waals surface area contributed by atoms with Gasteiger partial charge in [-0.05, 0) is 66.8 Å². The average Bonchev–Trinajstić information content (AvgIpc) is 3.58. The molecule has 2 aromatic heterocycles. The number of rotatable bonds is 3. The summed E-state index contributed by atoms with van der Waals surface area (Å²) < 4.78 is 6.70. The number of ketones is 1. The van der Waals surface area contributed by atoms with Crippen LogP contribution in [0.3, 0.4) is 0 Å². The van der Waals surface area contributed by atoms with Gasteiger partial charge in [0.2, 0.25) is 0 Å². The molecule has 170 valence electrons. The molecule has 4 heterocycles. The zero-order chi connectivity index (χ0) is 23.6. The summed E-state index contributed by atoms with van der Waals surface area (Å²) >= 11 is 2.80. The Morgan fingerprint density at radius 3 is 2.82 bits per heavy atom. The van der Waals surface area contributed by atoms with Crippen LogP contribution in [-0.4, -0.2) is 27.9 Å². The lowest BCUT2D eigenvalue weighted by molar-refractivity contribution is -0.132. The first kappa shape index (κ1) is 21.1. The van der Waals surface area contributed by atoms with Gasteiger partial charge in [-0.25, -0.2) is 4.98 Å². The number of thiazole rings is 1. The van der Waals surface area contributed by atoms with Crippen LogP contribution in [0.1, 0.15) is 34.5 Å². The third-order valence-electron chi connectivity index (χ3n) is 6.17. The quantitative estimate of drug-likeness (QED) is 0.230. The number of hydrogen-bond acceptors (Lipinski definition) is 7. The molecule has 2 aromatic carbocycles. The number of nitrogens with zero attached hydrogens (tertiary/aromatic N) is 2. The first-order chi connectivity index (χ1) is 16.4. The van der Waals surface area contributed by atoms with Gasteiger partial charge in [0, 0.05) is 16.9 Å². The predicted molar refractivity (Wildman–Crippen MR) is 134 cm³/mol. The minimum atomic E-state index is -0.745. The van der Waals surface area contributed by atoms with Crippen molar-refractivity contribution in [1.82, 2.24) is 4.98 Å². The van der Waals surface area contributed by atoms with Gasteiger partial charge >= 0.3 is 5.91 Å². The number of amides is 1. The number of Topliss-reactive ketones (excluding diaryl/α,β-unsaturated/α-hetero) is 1. The highest BCUT2D eigenvalue weighted by atomic mass is 32.1. The van der Waals surface area contributed by atoms with Gasteiger partial charge in [0.15, 0.2) is 5.13 Å². The molecule has 1 amide bonds. The van der Waals surface area contributed by atoms with Crippen molar-refractivity contribution in [3.05, 3.63) is 81.1 Å². The van der Waals surface area contributed by atoms with Crippen LogP contribution in [0.25, 0.3) is 16.0 Å². The zero-order valence-electron chi connectivity index (χ0n) is 18.4. The van der Waals surface area contributed by atoms with Gasteiger partial charge in [0.05, 0.1) is 15.8 Å². The van der Waals surface area contributed by atoms with E-state index in [9.17, 15) is 14.7 Å². The maximum atomic E-state index is 13.3. The molecular formula is C26H20N2O4S2. The van der Waals surface area contributed by atoms with Crippen LogP contribution >= 0.6 is 22.7 Å². The molecule has 8 heteroatoms. The van der Waals surface area contributed by atoms with E-state index in [1.165, 1.54) is 27.6 Å². The fraction of sp³-hybridized carbons (Fsp3) is 0.192. The number of hydrogen-bond donors (Lipinski definition) is 1. The molecule has 4 aromatic rings. The predicted octanol–water partition coefficient (Wildman–Crippen LogP) is 5.62. The number of fused-ring (bicyclic) bond motifs is 2. The maximum Gasteiger partial charge on any atom is 0.301 e. The third kappa shape index (κ3) is 3.25. The van der Waals surface area contributed by atoms with Crippen LogP contribution in [0.2, 0.25) is 0 Å². The topological polar surface area (TPSA) is 79.7 Å². The maximum absolute atomic E-state index is 13.3. The van der Waals surface area contributed by atoms with E-state index < -0.39 is 17.7 Å². The minimum Gasteiger partial charge on any atom is -0.507 e. The molecule has 2 atom stereocenters. The first-order valence-corrected chi connectivity index (χ1v) is 12.6. The molecule has 1 saturated heterocycles. The Bertz CT molecular complexity index is 1500. The Balaban J connectivity index is 1.51. The number of carbonyl (C=O) groups excluding carboxylic acids is 2. The second kappa shape index (κ2) is 7.78. The Labute approximate surface area is 203 Å². The molecule has 0 saturated carbocycles. The smallest absolute Gasteiger partial charge is 0.301 e. The number of aryl methyl sites for hydroxylation is 1. The molecule has 0 radical (unpaired) electrons. The number of aliphatic hydroxyl groups is 1. The Morgan fingerprint density at radius 2 is 2.03 bits per heavy atom. The van der Waals surface area contributed by atoms with Crippen molar-refractivity contribution < 1.29 is 19.4 Å². The van der Waals surface area contributed by atoms with E-state index in [1.54, 1.807) is 12.1 Å². The van der Waals surface area contributed by atoms with Gasteiger partial charge in [0.1, 0.15) is 23.7 Å².